The first-order valence-corrected chi connectivity index (χ1v) is 10.4. The highest BCUT2D eigenvalue weighted by molar-refractivity contribution is 8.01. The van der Waals surface area contributed by atoms with Crippen LogP contribution in [0.5, 0.6) is 0 Å². The number of nitrogens with one attached hydrogen (secondary N) is 1. The summed E-state index contributed by atoms with van der Waals surface area (Å²) in [5.74, 6) is 1.21. The highest BCUT2D eigenvalue weighted by Crippen LogP contribution is 2.21. The van der Waals surface area contributed by atoms with Crippen LogP contribution in [0.2, 0.25) is 0 Å². The van der Waals surface area contributed by atoms with Crippen LogP contribution in [0.15, 0.2) is 34.9 Å². The van der Waals surface area contributed by atoms with E-state index in [0.717, 1.165) is 13.1 Å². The maximum absolute atomic E-state index is 12.5. The highest BCUT2D eigenvalue weighted by atomic mass is 32.2. The first-order chi connectivity index (χ1) is 13.4. The lowest BCUT2D eigenvalue weighted by Crippen LogP contribution is -2.49. The molecule has 0 spiro atoms. The van der Waals surface area contributed by atoms with Gasteiger partial charge in [0.2, 0.25) is 11.8 Å². The van der Waals surface area contributed by atoms with Crippen molar-refractivity contribution >= 4 is 35.1 Å². The Labute approximate surface area is 169 Å². The van der Waals surface area contributed by atoms with Gasteiger partial charge in [-0.05, 0) is 32.4 Å². The summed E-state index contributed by atoms with van der Waals surface area (Å²) < 4.78 is 4.93. The first-order valence-electron chi connectivity index (χ1n) is 9.38. The van der Waals surface area contributed by atoms with E-state index in [1.165, 1.54) is 23.0 Å². The molecule has 150 valence electrons. The third-order valence-electron chi connectivity index (χ3n) is 4.79. The molecular weight excluding hydrogens is 376 g/mol. The monoisotopic (exact) mass is 402 g/mol. The number of carbonyl (C=O) groups excluding carboxylic acids is 2. The van der Waals surface area contributed by atoms with Gasteiger partial charge >= 0.3 is 0 Å². The zero-order valence-corrected chi connectivity index (χ0v) is 17.3. The van der Waals surface area contributed by atoms with Crippen LogP contribution in [0.1, 0.15) is 18.2 Å². The molecule has 7 nitrogen and oxygen atoms in total. The summed E-state index contributed by atoms with van der Waals surface area (Å²) in [4.78, 5) is 28.9. The van der Waals surface area contributed by atoms with Crippen LogP contribution >= 0.6 is 11.8 Å². The Kier molecular flexibility index (Phi) is 6.61. The van der Waals surface area contributed by atoms with Crippen LogP contribution in [0.4, 0.5) is 11.5 Å². The number of nitrogens with zero attached hydrogens (tertiary/aromatic N) is 3. The second-order valence-electron chi connectivity index (χ2n) is 6.92. The standard InChI is InChI=1S/C20H26N4O3S/c1-14-6-4-5-7-17(14)23-8-10-24(11-9-23)19(25)13-28-16(3)20(26)21-18-12-15(2)27-22-18/h4-7,12,16H,8-11,13H2,1-3H3,(H,21,22,26). The fourth-order valence-electron chi connectivity index (χ4n) is 3.13. The molecule has 1 aromatic carbocycles. The fraction of sp³-hybridized carbons (Fsp3) is 0.450. The number of para-hydroxylation sites is 1. The van der Waals surface area contributed by atoms with Gasteiger partial charge in [0.1, 0.15) is 5.76 Å². The number of rotatable bonds is 6. The molecule has 2 amide bonds. The summed E-state index contributed by atoms with van der Waals surface area (Å²) in [5.41, 5.74) is 2.48. The molecule has 8 heteroatoms. The molecule has 0 saturated carbocycles. The number of thioether (sulfide) groups is 1. The molecule has 0 aliphatic carbocycles. The van der Waals surface area contributed by atoms with Crippen molar-refractivity contribution in [2.24, 2.45) is 0 Å². The van der Waals surface area contributed by atoms with Crippen molar-refractivity contribution in [2.75, 3.05) is 42.1 Å². The van der Waals surface area contributed by atoms with Crippen LogP contribution in [-0.4, -0.2) is 59.1 Å². The van der Waals surface area contributed by atoms with Crippen molar-refractivity contribution in [1.82, 2.24) is 10.1 Å². The summed E-state index contributed by atoms with van der Waals surface area (Å²) in [6.07, 6.45) is 0. The summed E-state index contributed by atoms with van der Waals surface area (Å²) in [7, 11) is 0. The molecule has 2 heterocycles. The summed E-state index contributed by atoms with van der Waals surface area (Å²) in [6, 6.07) is 9.98. The van der Waals surface area contributed by atoms with Gasteiger partial charge in [-0.1, -0.05) is 23.4 Å². The molecule has 1 fully saturated rings. The number of hydrogen-bond donors (Lipinski definition) is 1. The second kappa shape index (κ2) is 9.14. The minimum absolute atomic E-state index is 0.0753. The number of piperazine rings is 1. The molecule has 1 aliphatic heterocycles. The predicted molar refractivity (Wildman–Crippen MR) is 112 cm³/mol. The van der Waals surface area contributed by atoms with Crippen molar-refractivity contribution in [3.8, 4) is 0 Å². The summed E-state index contributed by atoms with van der Waals surface area (Å²) in [5, 5.41) is 6.10. The van der Waals surface area contributed by atoms with Gasteiger partial charge in [0.25, 0.3) is 0 Å². The molecule has 0 bridgehead atoms. The number of amides is 2. The van der Waals surface area contributed by atoms with E-state index in [1.807, 2.05) is 17.0 Å². The Morgan fingerprint density at radius 1 is 1.21 bits per heavy atom. The molecule has 1 saturated heterocycles. The van der Waals surface area contributed by atoms with Gasteiger partial charge < -0.3 is 19.6 Å². The predicted octanol–water partition coefficient (Wildman–Crippen LogP) is 2.70. The molecule has 28 heavy (non-hydrogen) atoms. The number of anilines is 2. The van der Waals surface area contributed by atoms with E-state index < -0.39 is 0 Å². The Balaban J connectivity index is 1.43. The van der Waals surface area contributed by atoms with Crippen LogP contribution in [0.25, 0.3) is 0 Å². The molecule has 1 N–H and O–H groups in total. The number of benzene rings is 1. The smallest absolute Gasteiger partial charge is 0.238 e. The van der Waals surface area contributed by atoms with Crippen molar-refractivity contribution in [2.45, 2.75) is 26.0 Å². The topological polar surface area (TPSA) is 78.7 Å². The van der Waals surface area contributed by atoms with E-state index >= 15 is 0 Å². The molecule has 1 unspecified atom stereocenters. The third-order valence-corrected chi connectivity index (χ3v) is 5.92. The molecule has 3 rings (SSSR count). The fourth-order valence-corrected chi connectivity index (χ4v) is 3.92. The lowest BCUT2D eigenvalue weighted by atomic mass is 10.1. The van der Waals surface area contributed by atoms with E-state index in [1.54, 1.807) is 19.9 Å². The van der Waals surface area contributed by atoms with Gasteiger partial charge in [0.15, 0.2) is 5.82 Å². The Hall–Kier alpha value is -2.48. The quantitative estimate of drug-likeness (QED) is 0.800. The molecule has 2 aromatic rings. The van der Waals surface area contributed by atoms with Crippen molar-refractivity contribution in [1.29, 1.82) is 0 Å². The number of carbonyl (C=O) groups is 2. The van der Waals surface area contributed by atoms with E-state index in [4.69, 9.17) is 4.52 Å². The molecule has 1 atom stereocenters. The van der Waals surface area contributed by atoms with E-state index in [-0.39, 0.29) is 22.8 Å². The minimum atomic E-state index is -0.353. The molecule has 0 radical (unpaired) electrons. The van der Waals surface area contributed by atoms with Crippen molar-refractivity contribution < 1.29 is 14.1 Å². The first kappa shape index (κ1) is 20.3. The van der Waals surface area contributed by atoms with Gasteiger partial charge in [-0.2, -0.15) is 0 Å². The van der Waals surface area contributed by atoms with Gasteiger partial charge in [-0.15, -0.1) is 11.8 Å². The molecule has 1 aliphatic rings. The number of hydrogen-bond acceptors (Lipinski definition) is 6. The van der Waals surface area contributed by atoms with E-state index in [9.17, 15) is 9.59 Å². The highest BCUT2D eigenvalue weighted by Gasteiger charge is 2.23. The SMILES string of the molecule is Cc1cc(NC(=O)C(C)SCC(=O)N2CCN(c3ccccc3C)CC2)no1. The number of aryl methyl sites for hydroxylation is 2. The molecule has 1 aromatic heterocycles. The average Bonchev–Trinajstić information content (AvgIpc) is 3.11. The minimum Gasteiger partial charge on any atom is -0.368 e. The maximum Gasteiger partial charge on any atom is 0.238 e. The largest absolute Gasteiger partial charge is 0.368 e. The van der Waals surface area contributed by atoms with E-state index in [0.29, 0.717) is 24.7 Å². The molecular formula is C20H26N4O3S. The van der Waals surface area contributed by atoms with Crippen LogP contribution < -0.4 is 10.2 Å². The Morgan fingerprint density at radius 2 is 1.93 bits per heavy atom. The summed E-state index contributed by atoms with van der Waals surface area (Å²) in [6.45, 7) is 8.70. The zero-order valence-electron chi connectivity index (χ0n) is 16.5. The lowest BCUT2D eigenvalue weighted by Gasteiger charge is -2.36. The third kappa shape index (κ3) is 5.07. The van der Waals surface area contributed by atoms with Gasteiger partial charge in [0, 0.05) is 37.9 Å². The summed E-state index contributed by atoms with van der Waals surface area (Å²) >= 11 is 1.34. The van der Waals surface area contributed by atoms with E-state index in [2.05, 4.69) is 34.4 Å². The lowest BCUT2D eigenvalue weighted by molar-refractivity contribution is -0.128. The normalized spacial score (nSPS) is 15.4. The Bertz CT molecular complexity index is 830. The second-order valence-corrected chi connectivity index (χ2v) is 8.25. The van der Waals surface area contributed by atoms with Crippen LogP contribution in [0, 0.1) is 13.8 Å². The van der Waals surface area contributed by atoms with Gasteiger partial charge in [-0.3, -0.25) is 9.59 Å². The average molecular weight is 403 g/mol. The maximum atomic E-state index is 12.5. The van der Waals surface area contributed by atoms with Gasteiger partial charge in [-0.25, -0.2) is 0 Å². The van der Waals surface area contributed by atoms with Crippen LogP contribution in [-0.2, 0) is 9.59 Å². The van der Waals surface area contributed by atoms with Crippen LogP contribution in [0.3, 0.4) is 0 Å². The Morgan fingerprint density at radius 3 is 2.57 bits per heavy atom. The van der Waals surface area contributed by atoms with Crippen molar-refractivity contribution in [3.63, 3.8) is 0 Å². The van der Waals surface area contributed by atoms with Gasteiger partial charge in [0.05, 0.1) is 11.0 Å². The van der Waals surface area contributed by atoms with Crippen molar-refractivity contribution in [3.05, 3.63) is 41.7 Å². The zero-order chi connectivity index (χ0) is 20.1. The number of aromatic nitrogens is 1.